The maximum absolute atomic E-state index is 10.1. The van der Waals surface area contributed by atoms with Crippen LogP contribution in [0.3, 0.4) is 0 Å². The summed E-state index contributed by atoms with van der Waals surface area (Å²) in [4.78, 5) is 18.4. The fourth-order valence-electron chi connectivity index (χ4n) is 0.565. The largest absolute Gasteiger partial charge is 1.00 e. The number of carbonyl (C=O) groups excluding carboxylic acids is 1. The fraction of sp³-hybridized carbons (Fsp3) is 0.600. The molecule has 2 N–H and O–H groups in total. The van der Waals surface area contributed by atoms with Gasteiger partial charge in [-0.2, -0.15) is 0 Å². The third kappa shape index (κ3) is 7.94. The Balaban J connectivity index is 0. The van der Waals surface area contributed by atoms with E-state index < -0.39 is 0 Å². The van der Waals surface area contributed by atoms with Crippen molar-refractivity contribution in [2.45, 2.75) is 12.8 Å². The van der Waals surface area contributed by atoms with E-state index in [0.29, 0.717) is 6.47 Å². The Kier molecular flexibility index (Phi) is 11.3. The minimum atomic E-state index is 0. The summed E-state index contributed by atoms with van der Waals surface area (Å²) < 4.78 is 0. The van der Waals surface area contributed by atoms with Crippen LogP contribution in [0.4, 0.5) is 0 Å². The van der Waals surface area contributed by atoms with E-state index in [1.54, 1.807) is 0 Å². The van der Waals surface area contributed by atoms with Crippen LogP contribution in [0.25, 0.3) is 0 Å². The Morgan fingerprint density at radius 3 is 2.20 bits per heavy atom. The number of rotatable bonds is 0. The molecule has 1 amide bonds. The summed E-state index contributed by atoms with van der Waals surface area (Å²) in [5, 5.41) is 9.44. The first kappa shape index (κ1) is 12.6. The molecule has 0 aliphatic carbocycles. The van der Waals surface area contributed by atoms with Crippen LogP contribution in [0.2, 0.25) is 0 Å². The molecule has 1 rings (SSSR count). The maximum Gasteiger partial charge on any atom is 1.00 e. The number of nitrogens with one attached hydrogen (secondary N) is 1. The van der Waals surface area contributed by atoms with Crippen LogP contribution < -0.4 is 34.9 Å². The zero-order valence-electron chi connectivity index (χ0n) is 5.89. The van der Waals surface area contributed by atoms with Crippen LogP contribution in [0.15, 0.2) is 0 Å². The Morgan fingerprint density at radius 1 is 1.60 bits per heavy atom. The second-order valence-electron chi connectivity index (χ2n) is 1.54. The zero-order chi connectivity index (χ0) is 7.11. The van der Waals surface area contributed by atoms with Crippen molar-refractivity contribution < 1.29 is 44.3 Å². The van der Waals surface area contributed by atoms with Gasteiger partial charge in [0.2, 0.25) is 5.91 Å². The Bertz CT molecular complexity index is 99.1. The molecule has 0 atom stereocenters. The van der Waals surface area contributed by atoms with Gasteiger partial charge in [0.15, 0.2) is 0 Å². The molecule has 52 valence electrons. The number of hydrogen-bond acceptors (Lipinski definition) is 2. The normalized spacial score (nSPS) is 13.8. The Hall–Kier alpha value is -0.0600. The van der Waals surface area contributed by atoms with E-state index in [0.717, 1.165) is 19.4 Å². The molecule has 0 aromatic rings. The number of hydrogen-bond donors (Lipinski definition) is 2. The van der Waals surface area contributed by atoms with Crippen LogP contribution in [-0.2, 0) is 9.59 Å². The first-order valence-electron chi connectivity index (χ1n) is 2.59. The summed E-state index contributed by atoms with van der Waals surface area (Å²) in [6.45, 7) is 1.39. The third-order valence-corrected chi connectivity index (χ3v) is 0.903. The summed E-state index contributed by atoms with van der Waals surface area (Å²) in [6, 6.07) is 0. The molecule has 0 unspecified atom stereocenters. The molecule has 10 heavy (non-hydrogen) atoms. The number of amides is 1. The molecule has 0 aromatic carbocycles. The molecule has 1 aliphatic rings. The smallest absolute Gasteiger partial charge is 0.665 e. The van der Waals surface area contributed by atoms with Gasteiger partial charge in [0.05, 0.1) is 0 Å². The van der Waals surface area contributed by atoms with Crippen LogP contribution >= 0.6 is 0 Å². The number of aliphatic hydroxyl groups excluding tert-OH is 1. The second-order valence-corrected chi connectivity index (χ2v) is 1.54. The molecule has 0 aromatic heterocycles. The summed E-state index contributed by atoms with van der Waals surface area (Å²) in [5.41, 5.74) is 0. The number of carbonyl (C=O) groups is 1. The molecule has 1 fully saturated rings. The van der Waals surface area contributed by atoms with Crippen molar-refractivity contribution in [3.05, 3.63) is 0 Å². The van der Waals surface area contributed by atoms with Crippen molar-refractivity contribution in [3.63, 3.8) is 0 Å². The standard InChI is InChI=1S/C4H7NO.CHO2.Na/c6-4-2-1-3-5-4;2-1-3;/h1-3H2,(H,5,6);(H,2,3);/q;-1;+1. The van der Waals surface area contributed by atoms with Crippen LogP contribution in [0, 0.1) is 0 Å². The molecule has 0 spiro atoms. The first-order valence-corrected chi connectivity index (χ1v) is 2.59. The summed E-state index contributed by atoms with van der Waals surface area (Å²) in [6.07, 6.45) is 1.76. The predicted molar refractivity (Wildman–Crippen MR) is 30.6 cm³/mol. The summed E-state index contributed by atoms with van der Waals surface area (Å²) in [7, 11) is 0. The minimum absolute atomic E-state index is 0. The molecule has 1 saturated heterocycles. The molecule has 4 nitrogen and oxygen atoms in total. The van der Waals surface area contributed by atoms with Gasteiger partial charge in [-0.3, -0.25) is 4.79 Å². The Labute approximate surface area is 81.3 Å². The van der Waals surface area contributed by atoms with Gasteiger partial charge in [0, 0.05) is 13.0 Å². The van der Waals surface area contributed by atoms with Gasteiger partial charge in [0.1, 0.15) is 0 Å². The topological polar surface area (TPSA) is 66.4 Å². The van der Waals surface area contributed by atoms with Crippen LogP contribution in [0.5, 0.6) is 0 Å². The zero-order valence-corrected chi connectivity index (χ0v) is 7.89. The van der Waals surface area contributed by atoms with Crippen molar-refractivity contribution >= 4 is 12.4 Å². The third-order valence-electron chi connectivity index (χ3n) is 0.903. The van der Waals surface area contributed by atoms with Crippen molar-refractivity contribution in [1.82, 2.24) is 5.32 Å². The van der Waals surface area contributed by atoms with E-state index in [-0.39, 0.29) is 35.5 Å². The average Bonchev–Trinajstić information content (AvgIpc) is 2.20. The monoisotopic (exact) mass is 153 g/mol. The van der Waals surface area contributed by atoms with E-state index in [9.17, 15) is 4.79 Å². The van der Waals surface area contributed by atoms with Crippen molar-refractivity contribution in [1.29, 1.82) is 0 Å². The minimum Gasteiger partial charge on any atom is -0.665 e. The Morgan fingerprint density at radius 2 is 2.10 bits per heavy atom. The van der Waals surface area contributed by atoms with Crippen molar-refractivity contribution in [3.8, 4) is 0 Å². The van der Waals surface area contributed by atoms with Crippen LogP contribution in [0.1, 0.15) is 12.8 Å². The van der Waals surface area contributed by atoms with E-state index in [4.69, 9.17) is 9.90 Å². The van der Waals surface area contributed by atoms with E-state index in [1.807, 2.05) is 0 Å². The SMILES string of the molecule is O=C1CCCN1.O=[C-]O.[Na+]. The molecular formula is C5H8NNaO3. The fourth-order valence-corrected chi connectivity index (χ4v) is 0.565. The van der Waals surface area contributed by atoms with E-state index in [1.165, 1.54) is 0 Å². The van der Waals surface area contributed by atoms with Gasteiger partial charge in [0.25, 0.3) is 0 Å². The van der Waals surface area contributed by atoms with Crippen molar-refractivity contribution in [2.75, 3.05) is 6.54 Å². The van der Waals surface area contributed by atoms with Gasteiger partial charge in [-0.25, -0.2) is 0 Å². The molecule has 5 heteroatoms. The van der Waals surface area contributed by atoms with Gasteiger partial charge in [-0.15, -0.1) is 0 Å². The molecule has 1 heterocycles. The van der Waals surface area contributed by atoms with E-state index >= 15 is 0 Å². The quantitative estimate of drug-likeness (QED) is 0.280. The molecular weight excluding hydrogens is 145 g/mol. The average molecular weight is 153 g/mol. The summed E-state index contributed by atoms with van der Waals surface area (Å²) >= 11 is 0. The maximum atomic E-state index is 10.1. The van der Waals surface area contributed by atoms with E-state index in [2.05, 4.69) is 5.32 Å². The van der Waals surface area contributed by atoms with Gasteiger partial charge in [-0.05, 0) is 6.42 Å². The van der Waals surface area contributed by atoms with Crippen molar-refractivity contribution in [2.24, 2.45) is 0 Å². The van der Waals surface area contributed by atoms with Gasteiger partial charge >= 0.3 is 29.6 Å². The molecule has 0 radical (unpaired) electrons. The van der Waals surface area contributed by atoms with Crippen LogP contribution in [-0.4, -0.2) is 24.0 Å². The second kappa shape index (κ2) is 8.94. The first-order chi connectivity index (χ1) is 4.31. The molecule has 1 aliphatic heterocycles. The predicted octanol–water partition coefficient (Wildman–Crippen LogP) is -3.49. The molecule has 0 saturated carbocycles. The van der Waals surface area contributed by atoms with Gasteiger partial charge < -0.3 is 15.2 Å². The van der Waals surface area contributed by atoms with Gasteiger partial charge in [-0.1, -0.05) is 6.47 Å². The molecule has 0 bridgehead atoms. The summed E-state index contributed by atoms with van der Waals surface area (Å²) in [5.74, 6) is 0.204.